The van der Waals surface area contributed by atoms with E-state index >= 15 is 0 Å². The molecule has 0 saturated carbocycles. The maximum atomic E-state index is 10.8. The van der Waals surface area contributed by atoms with Crippen LogP contribution in [-0.4, -0.2) is 0 Å². The van der Waals surface area contributed by atoms with Gasteiger partial charge in [-0.3, -0.25) is 0 Å². The summed E-state index contributed by atoms with van der Waals surface area (Å²) in [6, 6.07) is 54.5. The van der Waals surface area contributed by atoms with Gasteiger partial charge in [0.15, 0.2) is 0 Å². The summed E-state index contributed by atoms with van der Waals surface area (Å²) >= 11 is 0. The Morgan fingerprint density at radius 3 is 1.39 bits per heavy atom. The Morgan fingerprint density at radius 2 is 0.826 bits per heavy atom. The van der Waals surface area contributed by atoms with Crippen molar-refractivity contribution < 1.29 is 8.83 Å². The lowest BCUT2D eigenvalue weighted by molar-refractivity contribution is 0.668. The van der Waals surface area contributed by atoms with Crippen LogP contribution in [0.5, 0.6) is 0 Å². The second-order valence-electron chi connectivity index (χ2n) is 11.6. The molecule has 0 radical (unpaired) electrons. The van der Waals surface area contributed by atoms with Gasteiger partial charge in [-0.05, 0) is 88.0 Å². The molecule has 214 valence electrons. The first-order valence-electron chi connectivity index (χ1n) is 15.3. The number of hydrogen-bond acceptors (Lipinski definition) is 3. The van der Waals surface area contributed by atoms with Crippen LogP contribution in [0.3, 0.4) is 0 Å². The first-order chi connectivity index (χ1) is 22.7. The van der Waals surface area contributed by atoms with Gasteiger partial charge in [0.25, 0.3) is 0 Å². The zero-order valence-electron chi connectivity index (χ0n) is 24.7. The molecule has 0 fully saturated rings. The molecule has 0 bridgehead atoms. The van der Waals surface area contributed by atoms with E-state index in [1.165, 1.54) is 0 Å². The molecule has 9 rings (SSSR count). The molecule has 0 spiro atoms. The van der Waals surface area contributed by atoms with E-state index in [0.717, 1.165) is 88.4 Å². The lowest BCUT2D eigenvalue weighted by Gasteiger charge is -2.15. The number of nitriles is 1. The second kappa shape index (κ2) is 10.4. The molecule has 2 heterocycles. The van der Waals surface area contributed by atoms with Gasteiger partial charge in [-0.25, -0.2) is 0 Å². The predicted molar refractivity (Wildman–Crippen MR) is 187 cm³/mol. The van der Waals surface area contributed by atoms with Crippen LogP contribution in [0.25, 0.3) is 88.4 Å². The molecule has 46 heavy (non-hydrogen) atoms. The number of rotatable bonds is 4. The van der Waals surface area contributed by atoms with E-state index in [9.17, 15) is 5.26 Å². The van der Waals surface area contributed by atoms with Crippen LogP contribution >= 0.6 is 0 Å². The molecule has 0 unspecified atom stereocenters. The van der Waals surface area contributed by atoms with Crippen molar-refractivity contribution in [2.45, 2.75) is 0 Å². The van der Waals surface area contributed by atoms with Crippen LogP contribution in [-0.2, 0) is 0 Å². The average molecular weight is 588 g/mol. The summed E-state index contributed by atoms with van der Waals surface area (Å²) in [5.74, 6) is 0. The smallest absolute Gasteiger partial charge is 0.135 e. The summed E-state index contributed by atoms with van der Waals surface area (Å²) in [5.41, 5.74) is 12.1. The van der Waals surface area contributed by atoms with Crippen LogP contribution in [0, 0.1) is 11.3 Å². The molecule has 0 aliphatic carbocycles. The topological polar surface area (TPSA) is 50.1 Å². The number of benzene rings is 7. The van der Waals surface area contributed by atoms with E-state index in [0.29, 0.717) is 5.56 Å². The predicted octanol–water partition coefficient (Wildman–Crippen LogP) is 12.0. The molecule has 0 N–H and O–H groups in total. The van der Waals surface area contributed by atoms with Crippen LogP contribution in [0.4, 0.5) is 0 Å². The van der Waals surface area contributed by atoms with Gasteiger partial charge in [0, 0.05) is 32.7 Å². The quantitative estimate of drug-likeness (QED) is 0.206. The number of nitrogens with zero attached hydrogens (tertiary/aromatic N) is 1. The fourth-order valence-corrected chi connectivity index (χ4v) is 6.68. The highest BCUT2D eigenvalue weighted by Crippen LogP contribution is 2.41. The molecule has 9 aromatic rings. The Bertz CT molecular complexity index is 2520. The van der Waals surface area contributed by atoms with E-state index in [2.05, 4.69) is 103 Å². The normalized spacial score (nSPS) is 11.5. The summed E-state index contributed by atoms with van der Waals surface area (Å²) in [6.45, 7) is 0. The minimum Gasteiger partial charge on any atom is -0.456 e. The third kappa shape index (κ3) is 4.20. The molecule has 0 aliphatic rings. The van der Waals surface area contributed by atoms with Gasteiger partial charge >= 0.3 is 0 Å². The maximum Gasteiger partial charge on any atom is 0.135 e. The van der Waals surface area contributed by atoms with Gasteiger partial charge < -0.3 is 8.83 Å². The van der Waals surface area contributed by atoms with Crippen molar-refractivity contribution >= 4 is 43.9 Å². The molecular weight excluding hydrogens is 562 g/mol. The molecule has 0 saturated heterocycles. The molecule has 2 aromatic heterocycles. The van der Waals surface area contributed by atoms with Gasteiger partial charge in [0.2, 0.25) is 0 Å². The highest BCUT2D eigenvalue weighted by atomic mass is 16.3. The average Bonchev–Trinajstić information content (AvgIpc) is 3.69. The summed E-state index contributed by atoms with van der Waals surface area (Å²) in [6.07, 6.45) is 0. The minimum absolute atomic E-state index is 0.627. The third-order valence-corrected chi connectivity index (χ3v) is 8.93. The third-order valence-electron chi connectivity index (χ3n) is 8.93. The Morgan fingerprint density at radius 1 is 0.348 bits per heavy atom. The van der Waals surface area contributed by atoms with E-state index < -0.39 is 0 Å². The molecule has 3 nitrogen and oxygen atoms in total. The lowest BCUT2D eigenvalue weighted by Crippen LogP contribution is -1.93. The van der Waals surface area contributed by atoms with E-state index in [-0.39, 0.29) is 0 Å². The number of furan rings is 2. The second-order valence-corrected chi connectivity index (χ2v) is 11.6. The number of fused-ring (bicyclic) bond motifs is 6. The number of hydrogen-bond donors (Lipinski definition) is 0. The zero-order valence-corrected chi connectivity index (χ0v) is 24.7. The van der Waals surface area contributed by atoms with Crippen LogP contribution in [0.15, 0.2) is 160 Å². The van der Waals surface area contributed by atoms with Gasteiger partial charge in [0.1, 0.15) is 28.4 Å². The van der Waals surface area contributed by atoms with Crippen molar-refractivity contribution in [3.63, 3.8) is 0 Å². The fourth-order valence-electron chi connectivity index (χ4n) is 6.68. The Hall–Kier alpha value is -6.37. The van der Waals surface area contributed by atoms with Crippen molar-refractivity contribution in [1.29, 1.82) is 5.26 Å². The SMILES string of the molecule is N#Cc1c(-c2ccc3oc4ccccc4c3c2)cc(-c2cccc(-c3ccccc3)c2)cc1-c1ccc2oc3ccccc3c2c1. The van der Waals surface area contributed by atoms with E-state index in [1.54, 1.807) is 0 Å². The van der Waals surface area contributed by atoms with Gasteiger partial charge in [0.05, 0.1) is 5.56 Å². The molecule has 7 aromatic carbocycles. The van der Waals surface area contributed by atoms with Crippen molar-refractivity contribution in [3.05, 3.63) is 157 Å². The van der Waals surface area contributed by atoms with Crippen molar-refractivity contribution in [3.8, 4) is 50.6 Å². The van der Waals surface area contributed by atoms with Crippen LogP contribution in [0.2, 0.25) is 0 Å². The minimum atomic E-state index is 0.627. The zero-order chi connectivity index (χ0) is 30.6. The summed E-state index contributed by atoms with van der Waals surface area (Å²) in [7, 11) is 0. The molecule has 0 atom stereocenters. The summed E-state index contributed by atoms with van der Waals surface area (Å²) in [4.78, 5) is 0. The monoisotopic (exact) mass is 587 g/mol. The van der Waals surface area contributed by atoms with E-state index in [4.69, 9.17) is 8.83 Å². The molecule has 0 aliphatic heterocycles. The standard InChI is InChI=1S/C43H25NO2/c44-26-39-35(30-17-19-42-37(22-30)33-13-4-6-15-40(33)45-42)24-32(29-12-8-11-28(21-29)27-9-2-1-3-10-27)25-36(39)31-18-20-43-38(23-31)34-14-5-7-16-41(34)46-43/h1-25H. The highest BCUT2D eigenvalue weighted by Gasteiger charge is 2.18. The van der Waals surface area contributed by atoms with E-state index in [1.807, 2.05) is 54.6 Å². The Balaban J connectivity index is 1.31. The van der Waals surface area contributed by atoms with Crippen molar-refractivity contribution in [2.24, 2.45) is 0 Å². The summed E-state index contributed by atoms with van der Waals surface area (Å²) < 4.78 is 12.3. The highest BCUT2D eigenvalue weighted by molar-refractivity contribution is 6.08. The van der Waals surface area contributed by atoms with Gasteiger partial charge in [-0.1, -0.05) is 97.1 Å². The maximum absolute atomic E-state index is 10.8. The molecular formula is C43H25NO2. The molecule has 3 heteroatoms. The van der Waals surface area contributed by atoms with Crippen LogP contribution < -0.4 is 0 Å². The lowest BCUT2D eigenvalue weighted by atomic mass is 9.87. The first-order valence-corrected chi connectivity index (χ1v) is 15.3. The van der Waals surface area contributed by atoms with Crippen molar-refractivity contribution in [2.75, 3.05) is 0 Å². The van der Waals surface area contributed by atoms with Crippen molar-refractivity contribution in [1.82, 2.24) is 0 Å². The first kappa shape index (κ1) is 26.1. The molecule has 0 amide bonds. The van der Waals surface area contributed by atoms with Gasteiger partial charge in [-0.2, -0.15) is 5.26 Å². The van der Waals surface area contributed by atoms with Crippen LogP contribution in [0.1, 0.15) is 5.56 Å². The Labute approximate surface area is 265 Å². The van der Waals surface area contributed by atoms with Gasteiger partial charge in [-0.15, -0.1) is 0 Å². The number of para-hydroxylation sites is 2. The summed E-state index contributed by atoms with van der Waals surface area (Å²) in [5, 5.41) is 15.0. The largest absolute Gasteiger partial charge is 0.456 e. The fraction of sp³-hybridized carbons (Fsp3) is 0. The Kier molecular flexibility index (Phi) is 5.88.